The second kappa shape index (κ2) is 2.74. The Balaban J connectivity index is 3.83. The van der Waals surface area contributed by atoms with Crippen molar-refractivity contribution in [2.24, 2.45) is 0 Å². The largest absolute Gasteiger partial charge is 0.476 e. The molecule has 0 amide bonds. The second-order valence-corrected chi connectivity index (χ2v) is 2.84. The van der Waals surface area contributed by atoms with E-state index in [-0.39, 0.29) is 0 Å². The zero-order valence-electron chi connectivity index (χ0n) is 4.24. The predicted octanol–water partition coefficient (Wildman–Crippen LogP) is -0.153. The van der Waals surface area contributed by atoms with Crippen LogP contribution in [-0.4, -0.2) is 28.7 Å². The van der Waals surface area contributed by atoms with E-state index in [9.17, 15) is 9.36 Å². The lowest BCUT2D eigenvalue weighted by Crippen LogP contribution is -2.13. The number of carboxylic acid groups (broad SMARTS) is 1. The van der Waals surface area contributed by atoms with E-state index < -0.39 is 19.6 Å². The molecule has 0 bridgehead atoms. The molecule has 0 aromatic carbocycles. The third-order valence-electron chi connectivity index (χ3n) is 0.565. The third-order valence-corrected chi connectivity index (χ3v) is 1.48. The van der Waals surface area contributed by atoms with E-state index in [1.165, 1.54) is 0 Å². The van der Waals surface area contributed by atoms with Gasteiger partial charge in [0.2, 0.25) is 0 Å². The van der Waals surface area contributed by atoms with Crippen LogP contribution < -0.4 is 0 Å². The first-order valence-electron chi connectivity index (χ1n) is 1.86. The zero-order valence-corrected chi connectivity index (χ0v) is 5.13. The van der Waals surface area contributed by atoms with Crippen LogP contribution in [-0.2, 0) is 9.36 Å². The quantitative estimate of drug-likeness (QED) is 0.519. The molecule has 0 aliphatic rings. The van der Waals surface area contributed by atoms with Gasteiger partial charge in [-0.1, -0.05) is 4.57 Å². The summed E-state index contributed by atoms with van der Waals surface area (Å²) >= 11 is 0. The van der Waals surface area contributed by atoms with Gasteiger partial charge in [0.05, 0.1) is 0 Å². The molecule has 5 heteroatoms. The van der Waals surface area contributed by atoms with Crippen molar-refractivity contribution in [1.29, 1.82) is 0 Å². The molecule has 46 valence electrons. The summed E-state index contributed by atoms with van der Waals surface area (Å²) in [6.45, 7) is 1.16. The summed E-state index contributed by atoms with van der Waals surface area (Å²) in [7, 11) is -2.00. The van der Waals surface area contributed by atoms with Crippen LogP contribution in [0.15, 0.2) is 0 Å². The Bertz CT molecular complexity index is 106. The monoisotopic (exact) mass is 137 g/mol. The van der Waals surface area contributed by atoms with Crippen LogP contribution in [0.4, 0.5) is 0 Å². The Morgan fingerprint density at radius 2 is 2.12 bits per heavy atom. The first-order chi connectivity index (χ1) is 3.55. The van der Waals surface area contributed by atoms with E-state index in [0.29, 0.717) is 0 Å². The van der Waals surface area contributed by atoms with Gasteiger partial charge in [0.15, 0.2) is 0 Å². The van der Waals surface area contributed by atoms with Crippen molar-refractivity contribution in [2.75, 3.05) is 6.66 Å². The molecule has 8 heavy (non-hydrogen) atoms. The van der Waals surface area contributed by atoms with E-state index in [0.717, 1.165) is 6.66 Å². The highest BCUT2D eigenvalue weighted by Gasteiger charge is 2.29. The minimum Gasteiger partial charge on any atom is -0.476 e. The lowest BCUT2D eigenvalue weighted by atomic mass is 10.7. The molecular weight excluding hydrogens is 131 g/mol. The highest BCUT2D eigenvalue weighted by molar-refractivity contribution is 7.45. The van der Waals surface area contributed by atoms with Crippen LogP contribution in [0.5, 0.6) is 0 Å². The van der Waals surface area contributed by atoms with E-state index >= 15 is 0 Å². The fourth-order valence-corrected chi connectivity index (χ4v) is 0.467. The molecule has 2 N–H and O–H groups in total. The third kappa shape index (κ3) is 2.00. The van der Waals surface area contributed by atoms with Gasteiger partial charge in [0.1, 0.15) is 6.66 Å². The highest BCUT2D eigenvalue weighted by atomic mass is 31.1. The van der Waals surface area contributed by atoms with Gasteiger partial charge in [-0.25, -0.2) is 4.79 Å². The zero-order chi connectivity index (χ0) is 6.73. The standard InChI is InChI=1S/C3H5O4P/c1-8(7)3(6)2(4)5/h3,6H,1H3/p+1. The Labute approximate surface area is 46.9 Å². The van der Waals surface area contributed by atoms with Crippen molar-refractivity contribution in [3.63, 3.8) is 0 Å². The predicted molar refractivity (Wildman–Crippen MR) is 27.2 cm³/mol. The molecule has 2 atom stereocenters. The molecule has 0 heterocycles. The van der Waals surface area contributed by atoms with Gasteiger partial charge in [0.25, 0.3) is 0 Å². The number of rotatable bonds is 2. The summed E-state index contributed by atoms with van der Waals surface area (Å²) in [5.41, 5.74) is 0. The maximum atomic E-state index is 10.1. The van der Waals surface area contributed by atoms with Crippen LogP contribution in [0.3, 0.4) is 0 Å². The lowest BCUT2D eigenvalue weighted by Gasteiger charge is -1.85. The van der Waals surface area contributed by atoms with Crippen molar-refractivity contribution in [2.45, 2.75) is 5.85 Å². The van der Waals surface area contributed by atoms with Gasteiger partial charge >= 0.3 is 19.6 Å². The summed E-state index contributed by atoms with van der Waals surface area (Å²) in [4.78, 5) is 9.71. The number of aliphatic carboxylic acids is 1. The van der Waals surface area contributed by atoms with Crippen molar-refractivity contribution in [3.05, 3.63) is 0 Å². The number of carbonyl (C=O) groups is 1. The van der Waals surface area contributed by atoms with Crippen LogP contribution in [0.1, 0.15) is 0 Å². The van der Waals surface area contributed by atoms with Gasteiger partial charge in [-0.05, 0) is 0 Å². The highest BCUT2D eigenvalue weighted by Crippen LogP contribution is 2.19. The molecule has 0 aliphatic heterocycles. The number of aliphatic hydroxyl groups is 1. The number of hydrogen-bond donors (Lipinski definition) is 2. The molecule has 0 aromatic rings. The number of aliphatic hydroxyl groups excluding tert-OH is 1. The van der Waals surface area contributed by atoms with Gasteiger partial charge in [-0.2, -0.15) is 0 Å². The smallest absolute Gasteiger partial charge is 0.384 e. The molecule has 0 rings (SSSR count). The van der Waals surface area contributed by atoms with E-state index in [2.05, 4.69) is 0 Å². The summed E-state index contributed by atoms with van der Waals surface area (Å²) < 4.78 is 10.1. The molecule has 0 fully saturated rings. The molecule has 0 aliphatic carbocycles. The van der Waals surface area contributed by atoms with Crippen LogP contribution in [0, 0.1) is 0 Å². The summed E-state index contributed by atoms with van der Waals surface area (Å²) in [5, 5.41) is 16.2. The maximum Gasteiger partial charge on any atom is 0.384 e. The van der Waals surface area contributed by atoms with Crippen molar-refractivity contribution in [1.82, 2.24) is 0 Å². The first-order valence-corrected chi connectivity index (χ1v) is 3.64. The van der Waals surface area contributed by atoms with Crippen molar-refractivity contribution in [3.8, 4) is 0 Å². The Morgan fingerprint density at radius 1 is 1.75 bits per heavy atom. The van der Waals surface area contributed by atoms with Gasteiger partial charge in [0, 0.05) is 0 Å². The van der Waals surface area contributed by atoms with Crippen molar-refractivity contribution >= 4 is 13.8 Å². The molecular formula is C3H6O4P+. The second-order valence-electron chi connectivity index (χ2n) is 1.26. The summed E-state index contributed by atoms with van der Waals surface area (Å²) in [6, 6.07) is 0. The van der Waals surface area contributed by atoms with Gasteiger partial charge < -0.3 is 10.2 Å². The van der Waals surface area contributed by atoms with Crippen molar-refractivity contribution < 1.29 is 19.6 Å². The van der Waals surface area contributed by atoms with Crippen LogP contribution in [0.25, 0.3) is 0 Å². The number of hydrogen-bond acceptors (Lipinski definition) is 3. The average molecular weight is 137 g/mol. The van der Waals surface area contributed by atoms with Crippen LogP contribution in [0.2, 0.25) is 0 Å². The molecule has 0 saturated carbocycles. The normalized spacial score (nSPS) is 15.0. The molecule has 4 nitrogen and oxygen atoms in total. The molecule has 0 spiro atoms. The lowest BCUT2D eigenvalue weighted by molar-refractivity contribution is -0.142. The van der Waals surface area contributed by atoms with Crippen LogP contribution >= 0.6 is 7.80 Å². The van der Waals surface area contributed by atoms with E-state index in [1.807, 2.05) is 0 Å². The fourth-order valence-electron chi connectivity index (χ4n) is 0.156. The topological polar surface area (TPSA) is 74.6 Å². The summed E-state index contributed by atoms with van der Waals surface area (Å²) in [6.07, 6.45) is 0. The van der Waals surface area contributed by atoms with Gasteiger partial charge in [-0.15, -0.1) is 0 Å². The molecule has 0 radical (unpaired) electrons. The Kier molecular flexibility index (Phi) is 2.58. The molecule has 2 unspecified atom stereocenters. The minimum atomic E-state index is -2.00. The Morgan fingerprint density at radius 3 is 2.12 bits per heavy atom. The maximum absolute atomic E-state index is 10.1. The molecule has 0 aromatic heterocycles. The summed E-state index contributed by atoms with van der Waals surface area (Å²) in [5.74, 6) is -3.14. The van der Waals surface area contributed by atoms with E-state index in [1.54, 1.807) is 0 Å². The Hall–Kier alpha value is -0.470. The minimum absolute atomic E-state index is 1.16. The fraction of sp³-hybridized carbons (Fsp3) is 0.667. The first kappa shape index (κ1) is 7.53. The van der Waals surface area contributed by atoms with E-state index in [4.69, 9.17) is 10.2 Å². The number of carboxylic acids is 1. The molecule has 0 saturated heterocycles. The average Bonchev–Trinajstić information content (AvgIpc) is 1.64. The SMILES string of the molecule is C[P+](=O)C(O)C(=O)O. The van der Waals surface area contributed by atoms with Gasteiger partial charge in [-0.3, -0.25) is 0 Å².